The topological polar surface area (TPSA) is 80.6 Å². The minimum absolute atomic E-state index is 0.0782. The Morgan fingerprint density at radius 3 is 2.83 bits per heavy atom. The number of alkyl carbamates (subject to hydrolysis) is 1. The molecule has 1 aliphatic carbocycles. The van der Waals surface area contributed by atoms with E-state index in [4.69, 9.17) is 9.15 Å². The van der Waals surface area contributed by atoms with Crippen LogP contribution in [0.3, 0.4) is 0 Å². The zero-order valence-electron chi connectivity index (χ0n) is 13.8. The molecule has 0 fully saturated rings. The summed E-state index contributed by atoms with van der Waals surface area (Å²) in [6.45, 7) is 5.55. The molecule has 1 aromatic heterocycles. The van der Waals surface area contributed by atoms with Gasteiger partial charge in [-0.25, -0.2) is 4.79 Å². The Kier molecular flexibility index (Phi) is 5.47. The second-order valence-corrected chi connectivity index (χ2v) is 6.60. The Labute approximate surface area is 136 Å². The van der Waals surface area contributed by atoms with Gasteiger partial charge in [0.15, 0.2) is 0 Å². The van der Waals surface area contributed by atoms with Crippen molar-refractivity contribution in [3.05, 3.63) is 35.8 Å². The molecule has 1 aliphatic rings. The lowest BCUT2D eigenvalue weighted by Gasteiger charge is -2.19. The molecule has 0 unspecified atom stereocenters. The van der Waals surface area contributed by atoms with Crippen molar-refractivity contribution in [1.29, 1.82) is 0 Å². The van der Waals surface area contributed by atoms with Gasteiger partial charge in [0.2, 0.25) is 0 Å². The summed E-state index contributed by atoms with van der Waals surface area (Å²) in [7, 11) is 0. The minimum Gasteiger partial charge on any atom is -0.467 e. The van der Waals surface area contributed by atoms with Crippen molar-refractivity contribution in [3.8, 4) is 0 Å². The van der Waals surface area contributed by atoms with Crippen molar-refractivity contribution >= 4 is 12.0 Å². The molecule has 0 radical (unpaired) electrons. The lowest BCUT2D eigenvalue weighted by molar-refractivity contribution is 0.0519. The monoisotopic (exact) mass is 320 g/mol. The van der Waals surface area contributed by atoms with Crippen LogP contribution in [0.25, 0.3) is 0 Å². The summed E-state index contributed by atoms with van der Waals surface area (Å²) in [5.41, 5.74) is -0.101. The van der Waals surface area contributed by atoms with Gasteiger partial charge in [0.25, 0.3) is 5.91 Å². The normalized spacial score (nSPS) is 17.6. The van der Waals surface area contributed by atoms with Crippen LogP contribution in [0.4, 0.5) is 4.79 Å². The molecule has 0 spiro atoms. The molecular formula is C17H24N2O4. The molecular weight excluding hydrogens is 296 g/mol. The predicted molar refractivity (Wildman–Crippen MR) is 86.0 cm³/mol. The number of hydrogen-bond acceptors (Lipinski definition) is 4. The first-order chi connectivity index (χ1) is 10.8. The largest absolute Gasteiger partial charge is 0.467 e. The van der Waals surface area contributed by atoms with E-state index in [2.05, 4.69) is 16.7 Å². The number of amides is 2. The average molecular weight is 320 g/mol. The van der Waals surface area contributed by atoms with E-state index in [1.54, 1.807) is 26.8 Å². The Morgan fingerprint density at radius 2 is 2.17 bits per heavy atom. The van der Waals surface area contributed by atoms with Crippen LogP contribution < -0.4 is 10.6 Å². The van der Waals surface area contributed by atoms with E-state index < -0.39 is 11.7 Å². The van der Waals surface area contributed by atoms with Crippen molar-refractivity contribution in [2.24, 2.45) is 0 Å². The molecule has 0 bridgehead atoms. The quantitative estimate of drug-likeness (QED) is 0.835. The first-order valence-corrected chi connectivity index (χ1v) is 7.85. The number of hydrogen-bond donors (Lipinski definition) is 2. The van der Waals surface area contributed by atoms with Gasteiger partial charge in [-0.1, -0.05) is 12.2 Å². The molecule has 6 nitrogen and oxygen atoms in total. The molecule has 2 N–H and O–H groups in total. The van der Waals surface area contributed by atoms with Crippen LogP contribution in [-0.4, -0.2) is 23.6 Å². The SMILES string of the molecule is CC(C)(C)OC(=O)NCc1cc(C(=O)N[C@H]2C=CCCC2)co1. The fourth-order valence-corrected chi connectivity index (χ4v) is 2.25. The molecule has 1 heterocycles. The van der Waals surface area contributed by atoms with E-state index in [0.717, 1.165) is 19.3 Å². The number of allylic oxidation sites excluding steroid dienone is 1. The number of carbonyl (C=O) groups is 2. The molecule has 0 saturated carbocycles. The highest BCUT2D eigenvalue weighted by Gasteiger charge is 2.18. The summed E-state index contributed by atoms with van der Waals surface area (Å²) < 4.78 is 10.4. The number of nitrogens with one attached hydrogen (secondary N) is 2. The molecule has 1 aromatic rings. The Hall–Kier alpha value is -2.24. The van der Waals surface area contributed by atoms with Gasteiger partial charge in [-0.3, -0.25) is 4.79 Å². The summed E-state index contributed by atoms with van der Waals surface area (Å²) in [4.78, 5) is 23.7. The minimum atomic E-state index is -0.550. The summed E-state index contributed by atoms with van der Waals surface area (Å²) >= 11 is 0. The third-order valence-electron chi connectivity index (χ3n) is 3.29. The van der Waals surface area contributed by atoms with Crippen molar-refractivity contribution < 1.29 is 18.7 Å². The summed E-state index contributed by atoms with van der Waals surface area (Å²) in [6.07, 6.45) is 8.08. The summed E-state index contributed by atoms with van der Waals surface area (Å²) in [5.74, 6) is 0.328. The predicted octanol–water partition coefficient (Wildman–Crippen LogP) is 3.14. The molecule has 0 aliphatic heterocycles. The number of carbonyl (C=O) groups excluding carboxylic acids is 2. The van der Waals surface area contributed by atoms with Gasteiger partial charge < -0.3 is 19.8 Å². The van der Waals surface area contributed by atoms with E-state index >= 15 is 0 Å². The van der Waals surface area contributed by atoms with Crippen molar-refractivity contribution in [1.82, 2.24) is 10.6 Å². The van der Waals surface area contributed by atoms with Crippen LogP contribution in [0.2, 0.25) is 0 Å². The van der Waals surface area contributed by atoms with Crippen molar-refractivity contribution in [3.63, 3.8) is 0 Å². The second kappa shape index (κ2) is 7.35. The maximum atomic E-state index is 12.1. The van der Waals surface area contributed by atoms with Gasteiger partial charge in [0, 0.05) is 6.04 Å². The molecule has 2 rings (SSSR count). The van der Waals surface area contributed by atoms with Crippen LogP contribution >= 0.6 is 0 Å². The highest BCUT2D eigenvalue weighted by atomic mass is 16.6. The number of ether oxygens (including phenoxy) is 1. The van der Waals surface area contributed by atoms with E-state index in [-0.39, 0.29) is 18.5 Å². The Bertz CT molecular complexity index is 584. The zero-order valence-corrected chi connectivity index (χ0v) is 13.8. The van der Waals surface area contributed by atoms with Crippen LogP contribution in [0.5, 0.6) is 0 Å². The van der Waals surface area contributed by atoms with Gasteiger partial charge in [0.1, 0.15) is 17.6 Å². The van der Waals surface area contributed by atoms with Gasteiger partial charge in [-0.15, -0.1) is 0 Å². The molecule has 0 saturated heterocycles. The lowest BCUT2D eigenvalue weighted by atomic mass is 10.0. The molecule has 126 valence electrons. The molecule has 2 amide bonds. The van der Waals surface area contributed by atoms with Crippen LogP contribution in [0.1, 0.15) is 56.2 Å². The first-order valence-electron chi connectivity index (χ1n) is 7.85. The van der Waals surface area contributed by atoms with Gasteiger partial charge >= 0.3 is 6.09 Å². The van der Waals surface area contributed by atoms with E-state index in [0.29, 0.717) is 11.3 Å². The first kappa shape index (κ1) is 17.1. The van der Waals surface area contributed by atoms with Crippen molar-refractivity contribution in [2.45, 2.75) is 58.2 Å². The zero-order chi connectivity index (χ0) is 16.9. The van der Waals surface area contributed by atoms with Gasteiger partial charge in [-0.2, -0.15) is 0 Å². The number of furan rings is 1. The molecule has 23 heavy (non-hydrogen) atoms. The van der Waals surface area contributed by atoms with Crippen LogP contribution in [0.15, 0.2) is 28.9 Å². The Balaban J connectivity index is 1.82. The number of rotatable bonds is 4. The maximum Gasteiger partial charge on any atom is 0.408 e. The molecule has 0 aromatic carbocycles. The standard InChI is InChI=1S/C17H24N2O4/c1-17(2,3)23-16(21)18-10-14-9-12(11-22-14)15(20)19-13-7-5-4-6-8-13/h5,7,9,11,13H,4,6,8,10H2,1-3H3,(H,18,21)(H,19,20)/t13-/m0/s1. The maximum absolute atomic E-state index is 12.1. The fourth-order valence-electron chi connectivity index (χ4n) is 2.25. The highest BCUT2D eigenvalue weighted by Crippen LogP contribution is 2.13. The van der Waals surface area contributed by atoms with Crippen LogP contribution in [0, 0.1) is 0 Å². The van der Waals surface area contributed by atoms with Crippen molar-refractivity contribution in [2.75, 3.05) is 0 Å². The molecule has 6 heteroatoms. The fraction of sp³-hybridized carbons (Fsp3) is 0.529. The third-order valence-corrected chi connectivity index (χ3v) is 3.29. The highest BCUT2D eigenvalue weighted by molar-refractivity contribution is 5.94. The second-order valence-electron chi connectivity index (χ2n) is 6.60. The Morgan fingerprint density at radius 1 is 1.39 bits per heavy atom. The van der Waals surface area contributed by atoms with E-state index in [9.17, 15) is 9.59 Å². The lowest BCUT2D eigenvalue weighted by Crippen LogP contribution is -2.34. The molecule has 1 atom stereocenters. The average Bonchev–Trinajstić information content (AvgIpc) is 2.93. The van der Waals surface area contributed by atoms with Gasteiger partial charge in [-0.05, 0) is 46.1 Å². The van der Waals surface area contributed by atoms with E-state index in [1.165, 1.54) is 6.26 Å². The summed E-state index contributed by atoms with van der Waals surface area (Å²) in [6, 6.07) is 1.70. The van der Waals surface area contributed by atoms with Gasteiger partial charge in [0.05, 0.1) is 12.1 Å². The summed E-state index contributed by atoms with van der Waals surface area (Å²) in [5, 5.41) is 5.54. The smallest absolute Gasteiger partial charge is 0.408 e. The van der Waals surface area contributed by atoms with Crippen LogP contribution in [-0.2, 0) is 11.3 Å². The third kappa shape index (κ3) is 5.81. The van der Waals surface area contributed by atoms with E-state index in [1.807, 2.05) is 6.08 Å².